The average molecular weight is 195 g/mol. The van der Waals surface area contributed by atoms with Crippen molar-refractivity contribution in [2.75, 3.05) is 0 Å². The number of hydrogen-bond acceptors (Lipinski definition) is 2. The van der Waals surface area contributed by atoms with Crippen molar-refractivity contribution in [2.24, 2.45) is 0 Å². The molecule has 15 heavy (non-hydrogen) atoms. The van der Waals surface area contributed by atoms with Gasteiger partial charge in [0.05, 0.1) is 0 Å². The number of nitrogens with zero attached hydrogens (tertiary/aromatic N) is 1. The molecule has 0 bridgehead atoms. The van der Waals surface area contributed by atoms with E-state index >= 15 is 0 Å². The highest BCUT2D eigenvalue weighted by Gasteiger charge is 2.06. The number of hydrogen-bond donors (Lipinski definition) is 0. The fourth-order valence-corrected chi connectivity index (χ4v) is 1.74. The van der Waals surface area contributed by atoms with Gasteiger partial charge >= 0.3 is 0 Å². The smallest absolute Gasteiger partial charge is 0.153 e. The quantitative estimate of drug-likeness (QED) is 0.592. The SMILES string of the molecule is C=Cc1ccc2oc3cccnc3c2c1. The van der Waals surface area contributed by atoms with Crippen molar-refractivity contribution in [1.82, 2.24) is 4.98 Å². The summed E-state index contributed by atoms with van der Waals surface area (Å²) >= 11 is 0. The third-order valence-corrected chi connectivity index (χ3v) is 2.49. The topological polar surface area (TPSA) is 26.0 Å². The van der Waals surface area contributed by atoms with Gasteiger partial charge in [0.15, 0.2) is 5.58 Å². The van der Waals surface area contributed by atoms with Crippen LogP contribution in [-0.4, -0.2) is 4.98 Å². The maximum Gasteiger partial charge on any atom is 0.153 e. The van der Waals surface area contributed by atoms with Crippen LogP contribution in [0.25, 0.3) is 28.1 Å². The molecule has 2 nitrogen and oxygen atoms in total. The molecule has 3 rings (SSSR count). The first-order valence-corrected chi connectivity index (χ1v) is 4.78. The molecule has 72 valence electrons. The van der Waals surface area contributed by atoms with Crippen molar-refractivity contribution in [3.05, 3.63) is 48.7 Å². The minimum Gasteiger partial charge on any atom is -0.454 e. The molecule has 0 unspecified atom stereocenters. The number of pyridine rings is 1. The van der Waals surface area contributed by atoms with Crippen molar-refractivity contribution in [3.63, 3.8) is 0 Å². The lowest BCUT2D eigenvalue weighted by Crippen LogP contribution is -1.73. The second-order valence-electron chi connectivity index (χ2n) is 3.41. The molecule has 0 saturated carbocycles. The maximum absolute atomic E-state index is 5.66. The zero-order valence-corrected chi connectivity index (χ0v) is 8.10. The summed E-state index contributed by atoms with van der Waals surface area (Å²) in [6, 6.07) is 9.78. The van der Waals surface area contributed by atoms with Crippen LogP contribution in [0.3, 0.4) is 0 Å². The number of furan rings is 1. The Morgan fingerprint density at radius 1 is 1.20 bits per heavy atom. The van der Waals surface area contributed by atoms with Gasteiger partial charge in [0, 0.05) is 11.6 Å². The Kier molecular flexibility index (Phi) is 1.62. The minimum absolute atomic E-state index is 0.828. The molecule has 0 saturated heterocycles. The van der Waals surface area contributed by atoms with Crippen LogP contribution >= 0.6 is 0 Å². The lowest BCUT2D eigenvalue weighted by atomic mass is 10.1. The van der Waals surface area contributed by atoms with Crippen LogP contribution in [0.5, 0.6) is 0 Å². The normalized spacial score (nSPS) is 10.9. The van der Waals surface area contributed by atoms with Gasteiger partial charge in [-0.2, -0.15) is 0 Å². The predicted molar refractivity (Wildman–Crippen MR) is 61.6 cm³/mol. The van der Waals surface area contributed by atoms with Crippen molar-refractivity contribution < 1.29 is 4.42 Å². The molecule has 2 aromatic heterocycles. The standard InChI is InChI=1S/C13H9NO/c1-2-9-5-6-11-10(8-9)13-12(15-11)4-3-7-14-13/h2-8H,1H2. The van der Waals surface area contributed by atoms with E-state index in [1.807, 2.05) is 36.4 Å². The molecule has 1 aromatic carbocycles. The van der Waals surface area contributed by atoms with Crippen LogP contribution in [0.1, 0.15) is 5.56 Å². The summed E-state index contributed by atoms with van der Waals surface area (Å²) in [6.45, 7) is 3.75. The first-order chi connectivity index (χ1) is 7.38. The molecular weight excluding hydrogens is 186 g/mol. The summed E-state index contributed by atoms with van der Waals surface area (Å²) in [7, 11) is 0. The fourth-order valence-electron chi connectivity index (χ4n) is 1.74. The highest BCUT2D eigenvalue weighted by molar-refractivity contribution is 6.02. The van der Waals surface area contributed by atoms with E-state index in [1.54, 1.807) is 6.20 Å². The molecular formula is C13H9NO. The number of aromatic nitrogens is 1. The third kappa shape index (κ3) is 1.15. The highest BCUT2D eigenvalue weighted by Crippen LogP contribution is 2.27. The molecule has 0 fully saturated rings. The maximum atomic E-state index is 5.66. The van der Waals surface area contributed by atoms with Gasteiger partial charge in [-0.15, -0.1) is 0 Å². The zero-order valence-electron chi connectivity index (χ0n) is 8.10. The van der Waals surface area contributed by atoms with Gasteiger partial charge in [0.25, 0.3) is 0 Å². The summed E-state index contributed by atoms with van der Waals surface area (Å²) in [6.07, 6.45) is 3.60. The van der Waals surface area contributed by atoms with Gasteiger partial charge in [-0.1, -0.05) is 18.7 Å². The van der Waals surface area contributed by atoms with E-state index in [-0.39, 0.29) is 0 Å². The monoisotopic (exact) mass is 195 g/mol. The second kappa shape index (κ2) is 2.95. The first kappa shape index (κ1) is 8.24. The van der Waals surface area contributed by atoms with Crippen LogP contribution < -0.4 is 0 Å². The van der Waals surface area contributed by atoms with Crippen molar-refractivity contribution >= 4 is 28.1 Å². The molecule has 0 aliphatic rings. The molecule has 0 atom stereocenters. The van der Waals surface area contributed by atoms with E-state index in [9.17, 15) is 0 Å². The van der Waals surface area contributed by atoms with E-state index in [0.717, 1.165) is 27.6 Å². The summed E-state index contributed by atoms with van der Waals surface area (Å²) in [5.41, 5.74) is 3.69. The zero-order chi connectivity index (χ0) is 10.3. The van der Waals surface area contributed by atoms with Gasteiger partial charge in [-0.25, -0.2) is 0 Å². The van der Waals surface area contributed by atoms with E-state index < -0.39 is 0 Å². The van der Waals surface area contributed by atoms with Gasteiger partial charge < -0.3 is 4.42 Å². The molecule has 0 spiro atoms. The Balaban J connectivity index is 2.51. The first-order valence-electron chi connectivity index (χ1n) is 4.78. The van der Waals surface area contributed by atoms with Gasteiger partial charge in [-0.05, 0) is 29.8 Å². The second-order valence-corrected chi connectivity index (χ2v) is 3.41. The van der Waals surface area contributed by atoms with Crippen LogP contribution in [0.15, 0.2) is 47.5 Å². The Bertz CT molecular complexity index is 652. The summed E-state index contributed by atoms with van der Waals surface area (Å²) < 4.78 is 5.66. The van der Waals surface area contributed by atoms with E-state index in [4.69, 9.17) is 4.42 Å². The average Bonchev–Trinajstić information content (AvgIpc) is 2.66. The molecule has 0 aliphatic heterocycles. The van der Waals surface area contributed by atoms with Gasteiger partial charge in [-0.3, -0.25) is 4.98 Å². The number of fused-ring (bicyclic) bond motifs is 3. The van der Waals surface area contributed by atoms with Crippen LogP contribution in [0.2, 0.25) is 0 Å². The predicted octanol–water partition coefficient (Wildman–Crippen LogP) is 3.62. The van der Waals surface area contributed by atoms with E-state index in [1.165, 1.54) is 0 Å². The molecule has 2 heterocycles. The lowest BCUT2D eigenvalue weighted by Gasteiger charge is -1.91. The Labute approximate surface area is 86.8 Å². The molecule has 0 aliphatic carbocycles. The van der Waals surface area contributed by atoms with Gasteiger partial charge in [0.2, 0.25) is 0 Å². The van der Waals surface area contributed by atoms with Crippen LogP contribution in [-0.2, 0) is 0 Å². The van der Waals surface area contributed by atoms with Crippen molar-refractivity contribution in [2.45, 2.75) is 0 Å². The summed E-state index contributed by atoms with van der Waals surface area (Å²) in [4.78, 5) is 4.32. The number of rotatable bonds is 1. The largest absolute Gasteiger partial charge is 0.454 e. The molecule has 0 amide bonds. The Hall–Kier alpha value is -2.09. The molecule has 2 heteroatoms. The number of benzene rings is 1. The highest BCUT2D eigenvalue weighted by atomic mass is 16.3. The summed E-state index contributed by atoms with van der Waals surface area (Å²) in [5.74, 6) is 0. The molecule has 0 radical (unpaired) electrons. The van der Waals surface area contributed by atoms with E-state index in [2.05, 4.69) is 11.6 Å². The Morgan fingerprint density at radius 2 is 2.13 bits per heavy atom. The third-order valence-electron chi connectivity index (χ3n) is 2.49. The summed E-state index contributed by atoms with van der Waals surface area (Å²) in [5, 5.41) is 1.04. The minimum atomic E-state index is 0.828. The fraction of sp³-hybridized carbons (Fsp3) is 0. The van der Waals surface area contributed by atoms with Crippen molar-refractivity contribution in [3.8, 4) is 0 Å². The molecule has 3 aromatic rings. The van der Waals surface area contributed by atoms with E-state index in [0.29, 0.717) is 0 Å². The van der Waals surface area contributed by atoms with Crippen molar-refractivity contribution in [1.29, 1.82) is 0 Å². The van der Waals surface area contributed by atoms with Crippen LogP contribution in [0, 0.1) is 0 Å². The lowest BCUT2D eigenvalue weighted by molar-refractivity contribution is 0.668. The molecule has 0 N–H and O–H groups in total. The Morgan fingerprint density at radius 3 is 3.00 bits per heavy atom. The van der Waals surface area contributed by atoms with Crippen LogP contribution in [0.4, 0.5) is 0 Å². The van der Waals surface area contributed by atoms with Gasteiger partial charge in [0.1, 0.15) is 11.1 Å².